The second kappa shape index (κ2) is 16.2. The molecule has 0 saturated carbocycles. The van der Waals surface area contributed by atoms with Gasteiger partial charge in [0.1, 0.15) is 95.4 Å². The standard InChI is InChI=1S/C33H40O21/c34-7-15-19(39)23(43)26(46)31(50-15)48-12-5-13(38)18-14(6-12)49-28(10-1-3-11(37)4-2-10)29(22(18)42)53-33-30(25(45)21(41)17(9-36)52-33)54-32-27(47)24(44)20(40)16(8-35)51-32/h1-6,15-17,19-21,23-27,30-41,43-47H,7-9H2/t15-,16+,17+,19+,20-,21-,23+,24-,25-,26+,27-,30-,31+,32-,33-/m0/s1. The highest BCUT2D eigenvalue weighted by molar-refractivity contribution is 5.88. The molecule has 15 atom stereocenters. The molecular weight excluding hydrogens is 732 g/mol. The summed E-state index contributed by atoms with van der Waals surface area (Å²) >= 11 is 0. The van der Waals surface area contributed by atoms with Crippen LogP contribution in [0.25, 0.3) is 22.3 Å². The molecule has 54 heavy (non-hydrogen) atoms. The van der Waals surface area contributed by atoms with Crippen molar-refractivity contribution >= 4 is 11.0 Å². The molecule has 21 nitrogen and oxygen atoms in total. The highest BCUT2D eigenvalue weighted by atomic mass is 16.8. The van der Waals surface area contributed by atoms with E-state index < -0.39 is 140 Å². The van der Waals surface area contributed by atoms with E-state index in [2.05, 4.69) is 0 Å². The number of fused-ring (bicyclic) bond motifs is 1. The number of hydrogen-bond acceptors (Lipinski definition) is 21. The number of rotatable bonds is 10. The number of aromatic hydroxyl groups is 2. The van der Waals surface area contributed by atoms with Gasteiger partial charge in [-0.3, -0.25) is 4.79 Å². The highest BCUT2D eigenvalue weighted by Gasteiger charge is 2.52. The summed E-state index contributed by atoms with van der Waals surface area (Å²) in [5.74, 6) is -2.38. The molecule has 21 heteroatoms. The van der Waals surface area contributed by atoms with Crippen LogP contribution in [0, 0.1) is 0 Å². The quantitative estimate of drug-likeness (QED) is 0.0918. The van der Waals surface area contributed by atoms with Crippen molar-refractivity contribution in [1.29, 1.82) is 0 Å². The minimum absolute atomic E-state index is 0.0723. The Kier molecular flexibility index (Phi) is 11.9. The lowest BCUT2D eigenvalue weighted by Crippen LogP contribution is -2.65. The largest absolute Gasteiger partial charge is 0.508 e. The Bertz CT molecular complexity index is 1800. The number of phenolic OH excluding ortho intramolecular Hbond substituents is 2. The van der Waals surface area contributed by atoms with Crippen molar-refractivity contribution in [3.63, 3.8) is 0 Å². The van der Waals surface area contributed by atoms with Gasteiger partial charge in [0.15, 0.2) is 18.2 Å². The average molecular weight is 773 g/mol. The number of phenols is 2. The maximum atomic E-state index is 14.2. The SMILES string of the molecule is O=c1c(O[C@@H]2O[C@H](CO)[C@H](O)[C@H](O)[C@@H]2O[C@@H]2O[C@H](CO)[C@H](O)[C@H](O)[C@@H]2O)c(-c2ccc(O)cc2)oc2cc(O[C@@H]3O[C@@H](CO)[C@@H](O)[C@@H](O)[C@H]3O)cc(O)c12. The van der Waals surface area contributed by atoms with Crippen LogP contribution in [-0.2, 0) is 18.9 Å². The van der Waals surface area contributed by atoms with Crippen LogP contribution in [0.2, 0.25) is 0 Å². The molecule has 1 aromatic heterocycles. The number of benzene rings is 2. The van der Waals surface area contributed by atoms with Crippen LogP contribution in [0.5, 0.6) is 23.0 Å². The first-order valence-electron chi connectivity index (χ1n) is 16.5. The lowest BCUT2D eigenvalue weighted by atomic mass is 9.97. The molecule has 6 rings (SSSR count). The van der Waals surface area contributed by atoms with Crippen molar-refractivity contribution in [2.24, 2.45) is 0 Å². The zero-order chi connectivity index (χ0) is 39.2. The molecule has 3 aromatic rings. The highest BCUT2D eigenvalue weighted by Crippen LogP contribution is 2.39. The number of aliphatic hydroxyl groups is 11. The van der Waals surface area contributed by atoms with Gasteiger partial charge < -0.3 is 99.2 Å². The summed E-state index contributed by atoms with van der Waals surface area (Å²) in [6, 6.07) is 7.07. The molecular formula is C33H40O21. The fraction of sp³-hybridized carbons (Fsp3) is 0.545. The fourth-order valence-corrected chi connectivity index (χ4v) is 6.28. The topological polar surface area (TPSA) is 349 Å². The van der Waals surface area contributed by atoms with E-state index in [1.54, 1.807) is 0 Å². The normalized spacial score (nSPS) is 37.3. The van der Waals surface area contributed by atoms with Crippen molar-refractivity contribution in [3.8, 4) is 34.3 Å². The van der Waals surface area contributed by atoms with E-state index in [1.165, 1.54) is 24.3 Å². The summed E-state index contributed by atoms with van der Waals surface area (Å²) in [4.78, 5) is 14.2. The van der Waals surface area contributed by atoms with Crippen molar-refractivity contribution in [2.75, 3.05) is 19.8 Å². The third-order valence-electron chi connectivity index (χ3n) is 9.33. The Balaban J connectivity index is 1.41. The van der Waals surface area contributed by atoms with E-state index >= 15 is 0 Å². The first kappa shape index (κ1) is 39.9. The summed E-state index contributed by atoms with van der Waals surface area (Å²) in [6.45, 7) is -2.48. The third kappa shape index (κ3) is 7.45. The summed E-state index contributed by atoms with van der Waals surface area (Å²) in [6.07, 6.45) is -26.7. The van der Waals surface area contributed by atoms with E-state index in [-0.39, 0.29) is 22.6 Å². The van der Waals surface area contributed by atoms with Crippen LogP contribution in [-0.4, -0.2) is 178 Å². The fourth-order valence-electron chi connectivity index (χ4n) is 6.28. The molecule has 3 fully saturated rings. The third-order valence-corrected chi connectivity index (χ3v) is 9.33. The maximum absolute atomic E-state index is 14.2. The average Bonchev–Trinajstić information content (AvgIpc) is 3.15. The summed E-state index contributed by atoms with van der Waals surface area (Å²) in [7, 11) is 0. The van der Waals surface area contributed by atoms with E-state index in [1.807, 2.05) is 0 Å². The van der Waals surface area contributed by atoms with Crippen LogP contribution in [0.4, 0.5) is 0 Å². The van der Waals surface area contributed by atoms with Crippen LogP contribution in [0.15, 0.2) is 45.6 Å². The lowest BCUT2D eigenvalue weighted by Gasteiger charge is -2.45. The molecule has 2 aromatic carbocycles. The molecule has 298 valence electrons. The Morgan fingerprint density at radius 2 is 1.11 bits per heavy atom. The van der Waals surface area contributed by atoms with E-state index in [9.17, 15) is 71.2 Å². The van der Waals surface area contributed by atoms with Crippen LogP contribution in [0.3, 0.4) is 0 Å². The first-order valence-corrected chi connectivity index (χ1v) is 16.5. The second-order valence-corrected chi connectivity index (χ2v) is 12.9. The molecule has 0 spiro atoms. The van der Waals surface area contributed by atoms with Crippen LogP contribution in [0.1, 0.15) is 0 Å². The van der Waals surface area contributed by atoms with E-state index in [0.29, 0.717) is 0 Å². The van der Waals surface area contributed by atoms with E-state index in [0.717, 1.165) is 12.1 Å². The van der Waals surface area contributed by atoms with Gasteiger partial charge in [0.25, 0.3) is 0 Å². The summed E-state index contributed by atoms with van der Waals surface area (Å²) in [5, 5.41) is 133. The molecule has 3 saturated heterocycles. The molecule has 0 unspecified atom stereocenters. The predicted molar refractivity (Wildman–Crippen MR) is 173 cm³/mol. The molecule has 13 N–H and O–H groups in total. The molecule has 3 aliphatic heterocycles. The van der Waals surface area contributed by atoms with Crippen molar-refractivity contribution < 1.29 is 99.2 Å². The van der Waals surface area contributed by atoms with Crippen molar-refractivity contribution in [2.45, 2.75) is 92.1 Å². The van der Waals surface area contributed by atoms with E-state index in [4.69, 9.17) is 32.8 Å². The molecule has 0 radical (unpaired) electrons. The van der Waals surface area contributed by atoms with Gasteiger partial charge in [-0.1, -0.05) is 0 Å². The Morgan fingerprint density at radius 3 is 1.69 bits per heavy atom. The van der Waals surface area contributed by atoms with Gasteiger partial charge in [0, 0.05) is 17.7 Å². The van der Waals surface area contributed by atoms with Gasteiger partial charge in [-0.05, 0) is 24.3 Å². The minimum atomic E-state index is -2.01. The molecule has 0 aliphatic carbocycles. The predicted octanol–water partition coefficient (Wildman–Crippen LogP) is -4.95. The smallest absolute Gasteiger partial charge is 0.239 e. The van der Waals surface area contributed by atoms with Crippen LogP contribution >= 0.6 is 0 Å². The van der Waals surface area contributed by atoms with Crippen molar-refractivity contribution in [3.05, 3.63) is 46.6 Å². The van der Waals surface area contributed by atoms with Gasteiger partial charge in [0.05, 0.1) is 19.8 Å². The first-order chi connectivity index (χ1) is 25.7. The molecule has 3 aliphatic rings. The zero-order valence-electron chi connectivity index (χ0n) is 27.8. The van der Waals surface area contributed by atoms with Crippen molar-refractivity contribution in [1.82, 2.24) is 0 Å². The number of aliphatic hydroxyl groups excluding tert-OH is 11. The lowest BCUT2D eigenvalue weighted by molar-refractivity contribution is -0.358. The van der Waals surface area contributed by atoms with Crippen LogP contribution < -0.4 is 14.9 Å². The number of hydrogen-bond donors (Lipinski definition) is 13. The molecule has 0 amide bonds. The monoisotopic (exact) mass is 772 g/mol. The molecule has 0 bridgehead atoms. The van der Waals surface area contributed by atoms with Gasteiger partial charge in [-0.2, -0.15) is 0 Å². The summed E-state index contributed by atoms with van der Waals surface area (Å²) in [5.41, 5.74) is -1.38. The second-order valence-electron chi connectivity index (χ2n) is 12.9. The number of ether oxygens (including phenoxy) is 6. The van der Waals surface area contributed by atoms with Gasteiger partial charge in [0.2, 0.25) is 23.8 Å². The Morgan fingerprint density at radius 1 is 0.593 bits per heavy atom. The Hall–Kier alpha value is -3.75. The minimum Gasteiger partial charge on any atom is -0.508 e. The maximum Gasteiger partial charge on any atom is 0.239 e. The van der Waals surface area contributed by atoms with Gasteiger partial charge in [-0.15, -0.1) is 0 Å². The Labute approximate surface area is 303 Å². The molecule has 4 heterocycles. The van der Waals surface area contributed by atoms with Gasteiger partial charge >= 0.3 is 0 Å². The van der Waals surface area contributed by atoms with Gasteiger partial charge in [-0.25, -0.2) is 0 Å². The zero-order valence-corrected chi connectivity index (χ0v) is 27.8. The summed E-state index contributed by atoms with van der Waals surface area (Å²) < 4.78 is 39.6.